The number of nitrogens with one attached hydrogen (secondary N) is 1. The van der Waals surface area contributed by atoms with Crippen molar-refractivity contribution in [3.8, 4) is 0 Å². The molecule has 2 N–H and O–H groups in total. The van der Waals surface area contributed by atoms with Gasteiger partial charge < -0.3 is 5.11 Å². The van der Waals surface area contributed by atoms with E-state index in [9.17, 15) is 4.79 Å². The summed E-state index contributed by atoms with van der Waals surface area (Å²) in [7, 11) is 0. The molecule has 2 rings (SSSR count). The molecule has 0 aromatic carbocycles. The van der Waals surface area contributed by atoms with Gasteiger partial charge in [-0.05, 0) is 12.8 Å². The Kier molecular flexibility index (Phi) is 2.96. The van der Waals surface area contributed by atoms with Crippen LogP contribution in [0.3, 0.4) is 0 Å². The van der Waals surface area contributed by atoms with Gasteiger partial charge in [-0.15, -0.1) is 0 Å². The van der Waals surface area contributed by atoms with Crippen molar-refractivity contribution < 1.29 is 9.90 Å². The summed E-state index contributed by atoms with van der Waals surface area (Å²) in [5, 5.41) is 16.1. The van der Waals surface area contributed by atoms with Gasteiger partial charge >= 0.3 is 0 Å². The van der Waals surface area contributed by atoms with E-state index in [1.165, 1.54) is 0 Å². The summed E-state index contributed by atoms with van der Waals surface area (Å²) < 4.78 is 0. The Morgan fingerprint density at radius 3 is 3.00 bits per heavy atom. The lowest BCUT2D eigenvalue weighted by Gasteiger charge is -2.27. The Morgan fingerprint density at radius 1 is 1.62 bits per heavy atom. The molecule has 0 fully saturated rings. The van der Waals surface area contributed by atoms with Crippen molar-refractivity contribution in [1.29, 1.82) is 0 Å². The summed E-state index contributed by atoms with van der Waals surface area (Å²) in [5.41, 5.74) is 1.72. The van der Waals surface area contributed by atoms with E-state index in [1.54, 1.807) is 4.90 Å². The number of nitrogens with zero attached hydrogens (tertiary/aromatic N) is 2. The molecule has 0 saturated heterocycles. The van der Waals surface area contributed by atoms with Gasteiger partial charge in [-0.3, -0.25) is 14.8 Å². The third-order valence-electron chi connectivity index (χ3n) is 2.91. The summed E-state index contributed by atoms with van der Waals surface area (Å²) in [6, 6.07) is 0. The number of hydrogen-bond donors (Lipinski definition) is 2. The van der Waals surface area contributed by atoms with E-state index in [2.05, 4.69) is 10.2 Å². The molecule has 1 aliphatic heterocycles. The number of amides is 1. The number of hydrogen-bond acceptors (Lipinski definition) is 3. The van der Waals surface area contributed by atoms with Gasteiger partial charge in [-0.2, -0.15) is 5.10 Å². The van der Waals surface area contributed by atoms with Gasteiger partial charge in [0.25, 0.3) is 0 Å². The van der Waals surface area contributed by atoms with Crippen LogP contribution in [0.4, 0.5) is 5.82 Å². The fourth-order valence-electron chi connectivity index (χ4n) is 2.05. The summed E-state index contributed by atoms with van der Waals surface area (Å²) in [6.45, 7) is 4.44. The number of aromatic amines is 1. The predicted octanol–water partition coefficient (Wildman–Crippen LogP) is 0.837. The normalized spacial score (nSPS) is 15.4. The van der Waals surface area contributed by atoms with Crippen LogP contribution in [0.15, 0.2) is 0 Å². The van der Waals surface area contributed by atoms with Crippen LogP contribution in [0, 0.1) is 5.92 Å². The first-order valence-electron chi connectivity index (χ1n) is 5.63. The van der Waals surface area contributed by atoms with E-state index in [1.807, 2.05) is 13.8 Å². The third kappa shape index (κ3) is 1.71. The van der Waals surface area contributed by atoms with Gasteiger partial charge in [0.1, 0.15) is 0 Å². The molecule has 0 saturated carbocycles. The average Bonchev–Trinajstić information content (AvgIpc) is 2.70. The van der Waals surface area contributed by atoms with Crippen molar-refractivity contribution >= 4 is 11.7 Å². The number of H-pyrrole nitrogens is 1. The van der Waals surface area contributed by atoms with Crippen molar-refractivity contribution in [1.82, 2.24) is 10.2 Å². The van der Waals surface area contributed by atoms with Gasteiger partial charge in [0.15, 0.2) is 5.82 Å². The quantitative estimate of drug-likeness (QED) is 0.780. The van der Waals surface area contributed by atoms with Crippen LogP contribution < -0.4 is 4.90 Å². The van der Waals surface area contributed by atoms with Crippen molar-refractivity contribution in [3.05, 3.63) is 11.3 Å². The molecule has 0 radical (unpaired) electrons. The van der Waals surface area contributed by atoms with Crippen LogP contribution >= 0.6 is 0 Å². The molecule has 1 aliphatic rings. The smallest absolute Gasteiger partial charge is 0.230 e. The summed E-state index contributed by atoms with van der Waals surface area (Å²) in [6.07, 6.45) is 1.81. The molecule has 5 nitrogen and oxygen atoms in total. The monoisotopic (exact) mass is 223 g/mol. The number of carbonyl (C=O) groups is 1. The van der Waals surface area contributed by atoms with Crippen LogP contribution in [0.2, 0.25) is 0 Å². The van der Waals surface area contributed by atoms with Gasteiger partial charge in [0, 0.05) is 18.0 Å². The van der Waals surface area contributed by atoms with E-state index in [0.717, 1.165) is 30.6 Å². The lowest BCUT2D eigenvalue weighted by atomic mass is 10.0. The van der Waals surface area contributed by atoms with Gasteiger partial charge in [0.05, 0.1) is 12.3 Å². The highest BCUT2D eigenvalue weighted by Crippen LogP contribution is 2.28. The molecule has 0 spiro atoms. The molecule has 0 unspecified atom stereocenters. The van der Waals surface area contributed by atoms with E-state index in [-0.39, 0.29) is 18.4 Å². The zero-order valence-corrected chi connectivity index (χ0v) is 9.66. The molecule has 1 aromatic rings. The van der Waals surface area contributed by atoms with Crippen molar-refractivity contribution in [2.24, 2.45) is 5.92 Å². The van der Waals surface area contributed by atoms with E-state index in [4.69, 9.17) is 5.11 Å². The molecule has 1 amide bonds. The molecular formula is C11H17N3O2. The number of aromatic nitrogens is 2. The molecule has 2 heterocycles. The number of carbonyl (C=O) groups excluding carboxylic acids is 1. The fraction of sp³-hybridized carbons (Fsp3) is 0.636. The first-order valence-corrected chi connectivity index (χ1v) is 5.63. The Hall–Kier alpha value is -1.36. The standard InChI is InChI=1S/C11H17N3O2/c1-7(2)11(16)14-5-3-4-8-9(6-15)12-13-10(8)14/h7,15H,3-6H2,1-2H3,(H,12,13). The number of aliphatic hydroxyl groups excluding tert-OH is 1. The van der Waals surface area contributed by atoms with E-state index < -0.39 is 0 Å². The molecule has 88 valence electrons. The maximum Gasteiger partial charge on any atom is 0.230 e. The van der Waals surface area contributed by atoms with Crippen molar-refractivity contribution in [3.63, 3.8) is 0 Å². The lowest BCUT2D eigenvalue weighted by molar-refractivity contribution is -0.121. The van der Waals surface area contributed by atoms with Crippen LogP contribution in [-0.4, -0.2) is 27.8 Å². The second-order valence-corrected chi connectivity index (χ2v) is 4.41. The van der Waals surface area contributed by atoms with Gasteiger partial charge in [0.2, 0.25) is 5.91 Å². The Bertz CT molecular complexity index is 398. The highest BCUT2D eigenvalue weighted by atomic mass is 16.3. The molecular weight excluding hydrogens is 206 g/mol. The topological polar surface area (TPSA) is 69.2 Å². The Balaban J connectivity index is 2.34. The molecule has 0 aliphatic carbocycles. The molecule has 16 heavy (non-hydrogen) atoms. The highest BCUT2D eigenvalue weighted by molar-refractivity contribution is 5.94. The molecule has 0 atom stereocenters. The van der Waals surface area contributed by atoms with Crippen molar-refractivity contribution in [2.75, 3.05) is 11.4 Å². The largest absolute Gasteiger partial charge is 0.390 e. The van der Waals surface area contributed by atoms with E-state index in [0.29, 0.717) is 5.82 Å². The second-order valence-electron chi connectivity index (χ2n) is 4.41. The fourth-order valence-corrected chi connectivity index (χ4v) is 2.05. The van der Waals surface area contributed by atoms with Crippen LogP contribution in [0.1, 0.15) is 31.5 Å². The van der Waals surface area contributed by atoms with Gasteiger partial charge in [-0.1, -0.05) is 13.8 Å². The minimum absolute atomic E-state index is 0.0276. The number of rotatable bonds is 2. The first-order chi connectivity index (χ1) is 7.65. The zero-order valence-electron chi connectivity index (χ0n) is 9.66. The van der Waals surface area contributed by atoms with Crippen LogP contribution in [0.25, 0.3) is 0 Å². The zero-order chi connectivity index (χ0) is 11.7. The number of aliphatic hydroxyl groups is 1. The summed E-state index contributed by atoms with van der Waals surface area (Å²) in [4.78, 5) is 13.7. The van der Waals surface area contributed by atoms with Crippen LogP contribution in [0.5, 0.6) is 0 Å². The van der Waals surface area contributed by atoms with Crippen molar-refractivity contribution in [2.45, 2.75) is 33.3 Å². The molecule has 0 bridgehead atoms. The average molecular weight is 223 g/mol. The third-order valence-corrected chi connectivity index (χ3v) is 2.91. The maximum absolute atomic E-state index is 12.0. The minimum atomic E-state index is -0.0496. The Morgan fingerprint density at radius 2 is 2.38 bits per heavy atom. The summed E-state index contributed by atoms with van der Waals surface area (Å²) >= 11 is 0. The Labute approximate surface area is 94.5 Å². The van der Waals surface area contributed by atoms with E-state index >= 15 is 0 Å². The number of anilines is 1. The van der Waals surface area contributed by atoms with Gasteiger partial charge in [-0.25, -0.2) is 0 Å². The molecule has 1 aromatic heterocycles. The second kappa shape index (κ2) is 4.25. The SMILES string of the molecule is CC(C)C(=O)N1CCCc2c1n[nH]c2CO. The number of fused-ring (bicyclic) bond motifs is 1. The maximum atomic E-state index is 12.0. The predicted molar refractivity (Wildman–Crippen MR) is 60.0 cm³/mol. The highest BCUT2D eigenvalue weighted by Gasteiger charge is 2.28. The molecule has 5 heteroatoms. The minimum Gasteiger partial charge on any atom is -0.390 e. The lowest BCUT2D eigenvalue weighted by Crippen LogP contribution is -2.38. The van der Waals surface area contributed by atoms with Crippen LogP contribution in [-0.2, 0) is 17.8 Å². The summed E-state index contributed by atoms with van der Waals surface area (Å²) in [5.74, 6) is 0.770. The first kappa shape index (κ1) is 11.1.